The van der Waals surface area contributed by atoms with Gasteiger partial charge in [-0.3, -0.25) is 9.59 Å². The van der Waals surface area contributed by atoms with Crippen LogP contribution in [-0.4, -0.2) is 24.9 Å². The molecule has 0 spiro atoms. The highest BCUT2D eigenvalue weighted by Crippen LogP contribution is 2.07. The quantitative estimate of drug-likeness (QED) is 0.571. The van der Waals surface area contributed by atoms with Gasteiger partial charge in [-0.2, -0.15) is 0 Å². The topological polar surface area (TPSA) is 58.2 Å². The van der Waals surface area contributed by atoms with Gasteiger partial charge >= 0.3 is 0 Å². The van der Waals surface area contributed by atoms with Gasteiger partial charge in [-0.05, 0) is 17.9 Å². The molecule has 0 aliphatic heterocycles. The Morgan fingerprint density at radius 2 is 2.24 bits per heavy atom. The second-order valence-corrected chi connectivity index (χ2v) is 4.38. The zero-order valence-corrected chi connectivity index (χ0v) is 10.4. The fourth-order valence-electron chi connectivity index (χ4n) is 1.22. The summed E-state index contributed by atoms with van der Waals surface area (Å²) in [6.07, 6.45) is 2.69. The van der Waals surface area contributed by atoms with Crippen LogP contribution in [0.2, 0.25) is 0 Å². The molecule has 1 aromatic rings. The molecular weight excluding hydrogens is 236 g/mol. The van der Waals surface area contributed by atoms with E-state index < -0.39 is 0 Å². The SMILES string of the molecule is C=CCNC(=O)CCCNC(=O)c1cccs1. The summed E-state index contributed by atoms with van der Waals surface area (Å²) in [4.78, 5) is 23.4. The molecule has 0 saturated carbocycles. The number of carbonyl (C=O) groups is 2. The highest BCUT2D eigenvalue weighted by Gasteiger charge is 2.05. The molecule has 0 aliphatic rings. The number of hydrogen-bond acceptors (Lipinski definition) is 3. The summed E-state index contributed by atoms with van der Waals surface area (Å²) in [5.74, 6) is -0.0956. The van der Waals surface area contributed by atoms with E-state index in [-0.39, 0.29) is 11.8 Å². The van der Waals surface area contributed by atoms with Crippen molar-refractivity contribution in [1.29, 1.82) is 0 Å². The van der Waals surface area contributed by atoms with Gasteiger partial charge in [0.2, 0.25) is 5.91 Å². The maximum Gasteiger partial charge on any atom is 0.261 e. The first-order valence-corrected chi connectivity index (χ1v) is 6.31. The molecule has 0 unspecified atom stereocenters. The van der Waals surface area contributed by atoms with Crippen molar-refractivity contribution in [3.63, 3.8) is 0 Å². The summed E-state index contributed by atoms with van der Waals surface area (Å²) < 4.78 is 0. The van der Waals surface area contributed by atoms with E-state index in [4.69, 9.17) is 0 Å². The third-order valence-electron chi connectivity index (χ3n) is 2.05. The van der Waals surface area contributed by atoms with E-state index in [1.807, 2.05) is 11.4 Å². The van der Waals surface area contributed by atoms with Crippen LogP contribution < -0.4 is 10.6 Å². The number of rotatable bonds is 7. The number of nitrogens with one attached hydrogen (secondary N) is 2. The van der Waals surface area contributed by atoms with Gasteiger partial charge < -0.3 is 10.6 Å². The van der Waals surface area contributed by atoms with Crippen molar-refractivity contribution in [1.82, 2.24) is 10.6 Å². The molecule has 2 amide bonds. The average Bonchev–Trinajstić information content (AvgIpc) is 2.85. The maximum absolute atomic E-state index is 11.5. The van der Waals surface area contributed by atoms with Crippen molar-refractivity contribution in [2.24, 2.45) is 0 Å². The fraction of sp³-hybridized carbons (Fsp3) is 0.333. The van der Waals surface area contributed by atoms with Gasteiger partial charge in [0.1, 0.15) is 0 Å². The van der Waals surface area contributed by atoms with Gasteiger partial charge in [-0.15, -0.1) is 17.9 Å². The monoisotopic (exact) mass is 252 g/mol. The molecule has 0 bridgehead atoms. The van der Waals surface area contributed by atoms with E-state index in [0.29, 0.717) is 30.8 Å². The Balaban J connectivity index is 2.10. The molecule has 0 radical (unpaired) electrons. The van der Waals surface area contributed by atoms with E-state index >= 15 is 0 Å². The molecule has 0 saturated heterocycles. The van der Waals surface area contributed by atoms with Crippen LogP contribution in [0.15, 0.2) is 30.2 Å². The largest absolute Gasteiger partial charge is 0.353 e. The molecule has 0 atom stereocenters. The van der Waals surface area contributed by atoms with Gasteiger partial charge in [0.05, 0.1) is 4.88 Å². The summed E-state index contributed by atoms with van der Waals surface area (Å²) in [6, 6.07) is 3.61. The van der Waals surface area contributed by atoms with Crippen LogP contribution in [0.25, 0.3) is 0 Å². The zero-order valence-electron chi connectivity index (χ0n) is 9.57. The summed E-state index contributed by atoms with van der Waals surface area (Å²) in [5.41, 5.74) is 0. The lowest BCUT2D eigenvalue weighted by Crippen LogP contribution is -2.27. The normalized spacial score (nSPS) is 9.65. The number of thiophene rings is 1. The predicted molar refractivity (Wildman–Crippen MR) is 69.1 cm³/mol. The van der Waals surface area contributed by atoms with Crippen molar-refractivity contribution < 1.29 is 9.59 Å². The number of hydrogen-bond donors (Lipinski definition) is 2. The van der Waals surface area contributed by atoms with E-state index in [2.05, 4.69) is 17.2 Å². The molecule has 1 heterocycles. The van der Waals surface area contributed by atoms with Gasteiger partial charge in [0, 0.05) is 19.5 Å². The highest BCUT2D eigenvalue weighted by molar-refractivity contribution is 7.12. The minimum Gasteiger partial charge on any atom is -0.353 e. The Bertz CT molecular complexity index is 374. The molecule has 92 valence electrons. The van der Waals surface area contributed by atoms with Gasteiger partial charge in [0.15, 0.2) is 0 Å². The van der Waals surface area contributed by atoms with Crippen molar-refractivity contribution in [3.8, 4) is 0 Å². The maximum atomic E-state index is 11.5. The number of amides is 2. The summed E-state index contributed by atoms with van der Waals surface area (Å²) in [5, 5.41) is 7.31. The predicted octanol–water partition coefficient (Wildman–Crippen LogP) is 1.56. The highest BCUT2D eigenvalue weighted by atomic mass is 32.1. The van der Waals surface area contributed by atoms with E-state index in [1.54, 1.807) is 12.1 Å². The molecule has 0 aromatic carbocycles. The van der Waals surface area contributed by atoms with Gasteiger partial charge in [-0.25, -0.2) is 0 Å². The van der Waals surface area contributed by atoms with Crippen molar-refractivity contribution >= 4 is 23.2 Å². The van der Waals surface area contributed by atoms with Crippen LogP contribution in [0.4, 0.5) is 0 Å². The molecule has 2 N–H and O–H groups in total. The molecule has 4 nitrogen and oxygen atoms in total. The lowest BCUT2D eigenvalue weighted by atomic mass is 10.3. The molecule has 0 fully saturated rings. The van der Waals surface area contributed by atoms with Crippen LogP contribution in [0, 0.1) is 0 Å². The zero-order chi connectivity index (χ0) is 12.5. The molecule has 17 heavy (non-hydrogen) atoms. The fourth-order valence-corrected chi connectivity index (χ4v) is 1.86. The Kier molecular flexibility index (Phi) is 6.03. The minimum absolute atomic E-state index is 0.0183. The van der Waals surface area contributed by atoms with Crippen LogP contribution in [0.3, 0.4) is 0 Å². The van der Waals surface area contributed by atoms with Crippen LogP contribution in [-0.2, 0) is 4.79 Å². The van der Waals surface area contributed by atoms with Crippen LogP contribution >= 0.6 is 11.3 Å². The third-order valence-corrected chi connectivity index (χ3v) is 2.92. The van der Waals surface area contributed by atoms with Crippen molar-refractivity contribution in [2.45, 2.75) is 12.8 Å². The lowest BCUT2D eigenvalue weighted by molar-refractivity contribution is -0.120. The summed E-state index contributed by atoms with van der Waals surface area (Å²) in [6.45, 7) is 4.51. The second kappa shape index (κ2) is 7.62. The van der Waals surface area contributed by atoms with Crippen LogP contribution in [0.1, 0.15) is 22.5 Å². The van der Waals surface area contributed by atoms with Crippen LogP contribution in [0.5, 0.6) is 0 Å². The molecular formula is C12H16N2O2S. The third kappa shape index (κ3) is 5.31. The molecule has 0 aliphatic carbocycles. The minimum atomic E-state index is -0.0773. The average molecular weight is 252 g/mol. The number of carbonyl (C=O) groups excluding carboxylic acids is 2. The first-order valence-electron chi connectivity index (χ1n) is 5.43. The first kappa shape index (κ1) is 13.4. The van der Waals surface area contributed by atoms with E-state index in [9.17, 15) is 9.59 Å². The Labute approximate surface area is 105 Å². The van der Waals surface area contributed by atoms with Gasteiger partial charge in [-0.1, -0.05) is 12.1 Å². The van der Waals surface area contributed by atoms with Crippen molar-refractivity contribution in [2.75, 3.05) is 13.1 Å². The Morgan fingerprint density at radius 1 is 1.41 bits per heavy atom. The second-order valence-electron chi connectivity index (χ2n) is 3.43. The smallest absolute Gasteiger partial charge is 0.261 e. The van der Waals surface area contributed by atoms with E-state index in [1.165, 1.54) is 11.3 Å². The molecule has 5 heteroatoms. The van der Waals surface area contributed by atoms with Crippen molar-refractivity contribution in [3.05, 3.63) is 35.0 Å². The van der Waals surface area contributed by atoms with Gasteiger partial charge in [0.25, 0.3) is 5.91 Å². The summed E-state index contributed by atoms with van der Waals surface area (Å²) in [7, 11) is 0. The van der Waals surface area contributed by atoms with E-state index in [0.717, 1.165) is 0 Å². The molecule has 1 rings (SSSR count). The lowest BCUT2D eigenvalue weighted by Gasteiger charge is -2.04. The standard InChI is InChI=1S/C12H16N2O2S/c1-2-7-13-11(15)6-3-8-14-12(16)10-5-4-9-17-10/h2,4-5,9H,1,3,6-8H2,(H,13,15)(H,14,16). The Morgan fingerprint density at radius 3 is 2.88 bits per heavy atom. The first-order chi connectivity index (χ1) is 8.24. The summed E-state index contributed by atoms with van der Waals surface area (Å²) >= 11 is 1.40. The molecule has 1 aromatic heterocycles. The Hall–Kier alpha value is -1.62.